The normalized spacial score (nSPS) is 22.5. The summed E-state index contributed by atoms with van der Waals surface area (Å²) in [5.41, 5.74) is -0.0907. The Morgan fingerprint density at radius 3 is 2.33 bits per heavy atom. The molecule has 2 heterocycles. The summed E-state index contributed by atoms with van der Waals surface area (Å²) in [7, 11) is 0. The standard InChI is InChI=1S/C15H19NO4S/c1-7(2)15(5)6-10(17)16(14(15)20)12-11(13(18)19)8(3)9(4)21-12/h7H,6H2,1-5H3,(H,18,19). The zero-order valence-electron chi connectivity index (χ0n) is 12.8. The summed E-state index contributed by atoms with van der Waals surface area (Å²) in [6.45, 7) is 9.06. The fraction of sp³-hybridized carbons (Fsp3) is 0.533. The van der Waals surface area contributed by atoms with E-state index in [1.54, 1.807) is 20.8 Å². The van der Waals surface area contributed by atoms with E-state index in [1.165, 1.54) is 11.3 Å². The van der Waals surface area contributed by atoms with Crippen LogP contribution in [0.5, 0.6) is 0 Å². The van der Waals surface area contributed by atoms with Crippen molar-refractivity contribution >= 4 is 34.1 Å². The molecule has 1 aromatic heterocycles. The molecule has 6 heteroatoms. The average Bonchev–Trinajstić information content (AvgIpc) is 2.76. The molecule has 0 aliphatic carbocycles. The molecule has 1 unspecified atom stereocenters. The van der Waals surface area contributed by atoms with Gasteiger partial charge >= 0.3 is 5.97 Å². The number of rotatable bonds is 3. The molecule has 0 aromatic carbocycles. The molecule has 1 fully saturated rings. The van der Waals surface area contributed by atoms with Crippen molar-refractivity contribution in [3.05, 3.63) is 16.0 Å². The quantitative estimate of drug-likeness (QED) is 0.871. The summed E-state index contributed by atoms with van der Waals surface area (Å²) < 4.78 is 0. The summed E-state index contributed by atoms with van der Waals surface area (Å²) >= 11 is 1.19. The number of hydrogen-bond donors (Lipinski definition) is 1. The van der Waals surface area contributed by atoms with Crippen molar-refractivity contribution in [3.63, 3.8) is 0 Å². The molecule has 0 bridgehead atoms. The zero-order valence-corrected chi connectivity index (χ0v) is 13.6. The van der Waals surface area contributed by atoms with Gasteiger partial charge in [0.25, 0.3) is 0 Å². The van der Waals surface area contributed by atoms with Crippen LogP contribution in [0.3, 0.4) is 0 Å². The molecular weight excluding hydrogens is 290 g/mol. The highest BCUT2D eigenvalue weighted by molar-refractivity contribution is 7.17. The number of thiophene rings is 1. The fourth-order valence-electron chi connectivity index (χ4n) is 2.51. The number of carbonyl (C=O) groups excluding carboxylic acids is 2. The lowest BCUT2D eigenvalue weighted by Crippen LogP contribution is -2.37. The minimum Gasteiger partial charge on any atom is -0.478 e. The number of anilines is 1. The average molecular weight is 309 g/mol. The minimum atomic E-state index is -1.11. The molecule has 1 N–H and O–H groups in total. The Bertz CT molecular complexity index is 646. The lowest BCUT2D eigenvalue weighted by molar-refractivity contribution is -0.126. The van der Waals surface area contributed by atoms with Crippen LogP contribution >= 0.6 is 11.3 Å². The number of carbonyl (C=O) groups is 3. The molecule has 1 atom stereocenters. The highest BCUT2D eigenvalue weighted by Crippen LogP contribution is 2.45. The smallest absolute Gasteiger partial charge is 0.339 e. The Hall–Kier alpha value is -1.69. The van der Waals surface area contributed by atoms with Crippen LogP contribution in [0.15, 0.2) is 0 Å². The van der Waals surface area contributed by atoms with Crippen LogP contribution in [0.4, 0.5) is 5.00 Å². The summed E-state index contributed by atoms with van der Waals surface area (Å²) in [6.07, 6.45) is 0.124. The SMILES string of the molecule is Cc1sc(N2C(=O)CC(C)(C(C)C)C2=O)c(C(=O)O)c1C. The van der Waals surface area contributed by atoms with E-state index in [-0.39, 0.29) is 34.7 Å². The number of carboxylic acid groups (broad SMARTS) is 1. The minimum absolute atomic E-state index is 0.00869. The number of aryl methyl sites for hydroxylation is 1. The third-order valence-electron chi connectivity index (χ3n) is 4.52. The molecule has 114 valence electrons. The summed E-state index contributed by atoms with van der Waals surface area (Å²) in [5, 5.41) is 9.64. The van der Waals surface area contributed by atoms with Crippen molar-refractivity contribution in [3.8, 4) is 0 Å². The van der Waals surface area contributed by atoms with E-state index in [4.69, 9.17) is 0 Å². The van der Waals surface area contributed by atoms with Crippen molar-refractivity contribution in [2.45, 2.75) is 41.0 Å². The summed E-state index contributed by atoms with van der Waals surface area (Å²) in [6, 6.07) is 0. The molecule has 1 aliphatic rings. The Labute approximate surface area is 127 Å². The number of amides is 2. The lowest BCUT2D eigenvalue weighted by atomic mass is 9.78. The Morgan fingerprint density at radius 2 is 1.90 bits per heavy atom. The zero-order chi connectivity index (χ0) is 16.1. The Kier molecular flexibility index (Phi) is 3.70. The van der Waals surface area contributed by atoms with Gasteiger partial charge in [0.05, 0.1) is 11.0 Å². The molecule has 2 rings (SSSR count). The van der Waals surface area contributed by atoms with Crippen molar-refractivity contribution in [2.75, 3.05) is 4.90 Å². The van der Waals surface area contributed by atoms with Gasteiger partial charge in [-0.05, 0) is 32.3 Å². The van der Waals surface area contributed by atoms with Crippen LogP contribution in [0, 0.1) is 25.2 Å². The first-order chi connectivity index (χ1) is 9.61. The maximum Gasteiger partial charge on any atom is 0.339 e. The van der Waals surface area contributed by atoms with Gasteiger partial charge in [0.15, 0.2) is 0 Å². The van der Waals surface area contributed by atoms with E-state index < -0.39 is 11.4 Å². The van der Waals surface area contributed by atoms with Crippen LogP contribution in [0.1, 0.15) is 48.0 Å². The molecule has 21 heavy (non-hydrogen) atoms. The monoisotopic (exact) mass is 309 g/mol. The van der Waals surface area contributed by atoms with E-state index in [0.29, 0.717) is 5.56 Å². The molecule has 0 spiro atoms. The Balaban J connectivity index is 2.59. The maximum absolute atomic E-state index is 12.7. The fourth-order valence-corrected chi connectivity index (χ4v) is 3.68. The van der Waals surface area contributed by atoms with Crippen LogP contribution in [-0.2, 0) is 9.59 Å². The highest BCUT2D eigenvalue weighted by atomic mass is 32.1. The van der Waals surface area contributed by atoms with Gasteiger partial charge in [0.1, 0.15) is 5.00 Å². The van der Waals surface area contributed by atoms with Gasteiger partial charge in [-0.2, -0.15) is 0 Å². The first-order valence-electron chi connectivity index (χ1n) is 6.82. The number of imide groups is 1. The third kappa shape index (κ3) is 2.18. The lowest BCUT2D eigenvalue weighted by Gasteiger charge is -2.25. The largest absolute Gasteiger partial charge is 0.478 e. The molecule has 0 radical (unpaired) electrons. The van der Waals surface area contributed by atoms with E-state index in [9.17, 15) is 19.5 Å². The van der Waals surface area contributed by atoms with E-state index in [0.717, 1.165) is 9.78 Å². The molecule has 1 saturated heterocycles. The third-order valence-corrected chi connectivity index (χ3v) is 5.71. The van der Waals surface area contributed by atoms with Gasteiger partial charge < -0.3 is 5.11 Å². The number of hydrogen-bond acceptors (Lipinski definition) is 4. The van der Waals surface area contributed by atoms with Gasteiger partial charge in [-0.25, -0.2) is 9.69 Å². The van der Waals surface area contributed by atoms with Gasteiger partial charge in [-0.1, -0.05) is 13.8 Å². The highest BCUT2D eigenvalue weighted by Gasteiger charge is 2.51. The van der Waals surface area contributed by atoms with Crippen molar-refractivity contribution < 1.29 is 19.5 Å². The van der Waals surface area contributed by atoms with Gasteiger partial charge in [-0.15, -0.1) is 11.3 Å². The van der Waals surface area contributed by atoms with E-state index in [1.807, 2.05) is 13.8 Å². The first kappa shape index (κ1) is 15.7. The predicted molar refractivity (Wildman–Crippen MR) is 80.8 cm³/mol. The molecule has 1 aromatic rings. The molecule has 5 nitrogen and oxygen atoms in total. The van der Waals surface area contributed by atoms with Crippen molar-refractivity contribution in [1.29, 1.82) is 0 Å². The van der Waals surface area contributed by atoms with E-state index in [2.05, 4.69) is 0 Å². The van der Waals surface area contributed by atoms with Gasteiger partial charge in [0.2, 0.25) is 11.8 Å². The number of carboxylic acids is 1. The molecular formula is C15H19NO4S. The van der Waals surface area contributed by atoms with Crippen LogP contribution in [0.2, 0.25) is 0 Å². The van der Waals surface area contributed by atoms with Crippen LogP contribution < -0.4 is 4.90 Å². The van der Waals surface area contributed by atoms with Crippen molar-refractivity contribution in [2.24, 2.45) is 11.3 Å². The second-order valence-electron chi connectivity index (χ2n) is 6.05. The van der Waals surface area contributed by atoms with E-state index >= 15 is 0 Å². The van der Waals surface area contributed by atoms with Crippen molar-refractivity contribution in [1.82, 2.24) is 0 Å². The summed E-state index contributed by atoms with van der Waals surface area (Å²) in [4.78, 5) is 38.4. The molecule has 2 amide bonds. The van der Waals surface area contributed by atoms with Crippen LogP contribution in [0.25, 0.3) is 0 Å². The second kappa shape index (κ2) is 4.94. The molecule has 1 aliphatic heterocycles. The molecule has 0 saturated carbocycles. The topological polar surface area (TPSA) is 74.7 Å². The first-order valence-corrected chi connectivity index (χ1v) is 7.63. The number of aromatic carboxylic acids is 1. The number of nitrogens with zero attached hydrogens (tertiary/aromatic N) is 1. The predicted octanol–water partition coefficient (Wildman–Crippen LogP) is 2.99. The second-order valence-corrected chi connectivity index (χ2v) is 7.25. The maximum atomic E-state index is 12.7. The Morgan fingerprint density at radius 1 is 1.33 bits per heavy atom. The van der Waals surface area contributed by atoms with Crippen LogP contribution in [-0.4, -0.2) is 22.9 Å². The van der Waals surface area contributed by atoms with Gasteiger partial charge in [-0.3, -0.25) is 9.59 Å². The van der Waals surface area contributed by atoms with Gasteiger partial charge in [0, 0.05) is 11.3 Å². The summed E-state index contributed by atoms with van der Waals surface area (Å²) in [5.74, 6) is -1.72.